The highest BCUT2D eigenvalue weighted by Gasteiger charge is 2.10. The van der Waals surface area contributed by atoms with Gasteiger partial charge in [0.05, 0.1) is 11.9 Å². The van der Waals surface area contributed by atoms with Crippen molar-refractivity contribution in [3.05, 3.63) is 66.5 Å². The number of hydrogen-bond acceptors (Lipinski definition) is 1. The molecule has 20 heavy (non-hydrogen) atoms. The first-order valence-corrected chi connectivity index (χ1v) is 6.62. The zero-order valence-electron chi connectivity index (χ0n) is 12.8. The predicted octanol–water partition coefficient (Wildman–Crippen LogP) is 5.10. The van der Waals surface area contributed by atoms with Gasteiger partial charge in [-0.3, -0.25) is 4.57 Å². The Bertz CT molecular complexity index is 630. The zero-order chi connectivity index (χ0) is 15.1. The van der Waals surface area contributed by atoms with Gasteiger partial charge < -0.3 is 0 Å². The molecular formula is C18H22N2. The van der Waals surface area contributed by atoms with E-state index >= 15 is 0 Å². The molecule has 1 heterocycles. The number of aromatic nitrogens is 2. The molecule has 1 aromatic rings. The Labute approximate surface area is 121 Å². The summed E-state index contributed by atoms with van der Waals surface area (Å²) >= 11 is 0. The Hall–Kier alpha value is -2.31. The van der Waals surface area contributed by atoms with E-state index in [2.05, 4.69) is 34.5 Å². The lowest BCUT2D eigenvalue weighted by molar-refractivity contribution is 1.07. The smallest absolute Gasteiger partial charge is 0.139 e. The van der Waals surface area contributed by atoms with Gasteiger partial charge in [0.1, 0.15) is 5.82 Å². The lowest BCUT2D eigenvalue weighted by Crippen LogP contribution is -1.98. The summed E-state index contributed by atoms with van der Waals surface area (Å²) < 4.78 is 2.05. The lowest BCUT2D eigenvalue weighted by atomic mass is 10.1. The van der Waals surface area contributed by atoms with Gasteiger partial charge in [-0.2, -0.15) is 0 Å². The van der Waals surface area contributed by atoms with Gasteiger partial charge in [-0.1, -0.05) is 37.5 Å². The zero-order valence-corrected chi connectivity index (χ0v) is 12.8. The molecule has 2 nitrogen and oxygen atoms in total. The number of allylic oxidation sites excluding steroid dienone is 7. The van der Waals surface area contributed by atoms with Gasteiger partial charge in [0, 0.05) is 6.20 Å². The molecule has 0 radical (unpaired) electrons. The molecule has 0 saturated heterocycles. The molecule has 0 fully saturated rings. The maximum Gasteiger partial charge on any atom is 0.139 e. The minimum absolute atomic E-state index is 0.877. The van der Waals surface area contributed by atoms with E-state index in [0.717, 1.165) is 28.2 Å². The molecule has 0 saturated carbocycles. The van der Waals surface area contributed by atoms with Crippen molar-refractivity contribution in [3.63, 3.8) is 0 Å². The molecule has 0 spiro atoms. The molecule has 0 unspecified atom stereocenters. The molecule has 0 aliphatic carbocycles. The third-order valence-corrected chi connectivity index (χ3v) is 2.88. The van der Waals surface area contributed by atoms with E-state index in [9.17, 15) is 0 Å². The van der Waals surface area contributed by atoms with Crippen LogP contribution in [0.2, 0.25) is 0 Å². The summed E-state index contributed by atoms with van der Waals surface area (Å²) in [4.78, 5) is 4.45. The van der Waals surface area contributed by atoms with Crippen molar-refractivity contribution < 1.29 is 0 Å². The third kappa shape index (κ3) is 3.59. The van der Waals surface area contributed by atoms with Crippen molar-refractivity contribution in [2.45, 2.75) is 27.7 Å². The van der Waals surface area contributed by atoms with Crippen LogP contribution in [0.4, 0.5) is 0 Å². The molecule has 2 heteroatoms. The predicted molar refractivity (Wildman–Crippen MR) is 89.1 cm³/mol. The molecule has 104 valence electrons. The SMILES string of the molecule is C=C=C(C)/C=C\C(=C/C)c1cnc(C(=C)C)n1/C=C\C. The summed E-state index contributed by atoms with van der Waals surface area (Å²) in [6, 6.07) is 0. The van der Waals surface area contributed by atoms with Gasteiger partial charge >= 0.3 is 0 Å². The summed E-state index contributed by atoms with van der Waals surface area (Å²) in [5, 5.41) is 0. The topological polar surface area (TPSA) is 17.8 Å². The first-order valence-electron chi connectivity index (χ1n) is 6.62. The molecule has 0 amide bonds. The largest absolute Gasteiger partial charge is 0.300 e. The van der Waals surface area contributed by atoms with Crippen LogP contribution in [0.1, 0.15) is 39.2 Å². The van der Waals surface area contributed by atoms with E-state index in [1.165, 1.54) is 0 Å². The monoisotopic (exact) mass is 266 g/mol. The number of imidazole rings is 1. The lowest BCUT2D eigenvalue weighted by Gasteiger charge is -2.07. The highest BCUT2D eigenvalue weighted by molar-refractivity contribution is 5.75. The van der Waals surface area contributed by atoms with Crippen molar-refractivity contribution in [2.24, 2.45) is 0 Å². The van der Waals surface area contributed by atoms with E-state index in [-0.39, 0.29) is 0 Å². The molecule has 1 aromatic heterocycles. The Morgan fingerprint density at radius 3 is 2.50 bits per heavy atom. The Morgan fingerprint density at radius 1 is 1.30 bits per heavy atom. The van der Waals surface area contributed by atoms with Crippen LogP contribution in [-0.2, 0) is 0 Å². The fraction of sp³-hybridized carbons (Fsp3) is 0.222. The van der Waals surface area contributed by atoms with Crippen LogP contribution in [0.3, 0.4) is 0 Å². The number of hydrogen-bond donors (Lipinski definition) is 0. The van der Waals surface area contributed by atoms with E-state index in [0.29, 0.717) is 0 Å². The average molecular weight is 266 g/mol. The van der Waals surface area contributed by atoms with Crippen LogP contribution in [0, 0.1) is 0 Å². The molecule has 0 bridgehead atoms. The summed E-state index contributed by atoms with van der Waals surface area (Å²) in [5.41, 5.74) is 6.94. The van der Waals surface area contributed by atoms with Gasteiger partial charge in [0.25, 0.3) is 0 Å². The van der Waals surface area contributed by atoms with Crippen molar-refractivity contribution in [1.82, 2.24) is 9.55 Å². The minimum Gasteiger partial charge on any atom is -0.300 e. The van der Waals surface area contributed by atoms with Crippen LogP contribution < -0.4 is 0 Å². The quantitative estimate of drug-likeness (QED) is 0.535. The Morgan fingerprint density at radius 2 is 2.00 bits per heavy atom. The van der Waals surface area contributed by atoms with E-state index < -0.39 is 0 Å². The van der Waals surface area contributed by atoms with Crippen LogP contribution in [0.15, 0.2) is 55.0 Å². The molecule has 1 rings (SSSR count). The van der Waals surface area contributed by atoms with Gasteiger partial charge in [0.2, 0.25) is 0 Å². The number of rotatable bonds is 5. The van der Waals surface area contributed by atoms with E-state index in [4.69, 9.17) is 0 Å². The average Bonchev–Trinajstić information content (AvgIpc) is 2.84. The van der Waals surface area contributed by atoms with Crippen LogP contribution in [0.25, 0.3) is 17.3 Å². The van der Waals surface area contributed by atoms with Gasteiger partial charge in [-0.05, 0) is 44.4 Å². The molecule has 0 aliphatic rings. The fourth-order valence-electron chi connectivity index (χ4n) is 1.79. The normalized spacial score (nSPS) is 12.1. The van der Waals surface area contributed by atoms with Crippen molar-refractivity contribution in [1.29, 1.82) is 0 Å². The summed E-state index contributed by atoms with van der Waals surface area (Å²) in [6.07, 6.45) is 12.0. The molecular weight excluding hydrogens is 244 g/mol. The maximum absolute atomic E-state index is 4.45. The van der Waals surface area contributed by atoms with Gasteiger partial charge in [0.15, 0.2) is 0 Å². The Kier molecular flexibility index (Phi) is 5.76. The summed E-state index contributed by atoms with van der Waals surface area (Å²) in [5.74, 6) is 0.877. The van der Waals surface area contributed by atoms with Crippen LogP contribution in [0.5, 0.6) is 0 Å². The standard InChI is InChI=1S/C18H22N2/c1-7-12-20-17(13-19-18(20)14(4)5)16(9-3)11-10-15(6)8-2/h7,9-13H,2,4H2,1,3,5-6H3/b11-10-,12-7-,16-9+. The first-order chi connectivity index (χ1) is 9.54. The molecule has 0 atom stereocenters. The maximum atomic E-state index is 4.45. The van der Waals surface area contributed by atoms with E-state index in [1.54, 1.807) is 0 Å². The fourth-order valence-corrected chi connectivity index (χ4v) is 1.79. The van der Waals surface area contributed by atoms with Gasteiger partial charge in [-0.25, -0.2) is 4.98 Å². The number of nitrogens with zero attached hydrogens (tertiary/aromatic N) is 2. The highest BCUT2D eigenvalue weighted by Crippen LogP contribution is 2.22. The van der Waals surface area contributed by atoms with Crippen LogP contribution in [-0.4, -0.2) is 9.55 Å². The molecule has 0 N–H and O–H groups in total. The molecule has 0 aliphatic heterocycles. The third-order valence-electron chi connectivity index (χ3n) is 2.88. The van der Waals surface area contributed by atoms with Crippen molar-refractivity contribution in [3.8, 4) is 0 Å². The highest BCUT2D eigenvalue weighted by atomic mass is 15.1. The minimum atomic E-state index is 0.877. The second-order valence-electron chi connectivity index (χ2n) is 4.54. The summed E-state index contributed by atoms with van der Waals surface area (Å²) in [7, 11) is 0. The van der Waals surface area contributed by atoms with Crippen molar-refractivity contribution in [2.75, 3.05) is 0 Å². The van der Waals surface area contributed by atoms with Crippen LogP contribution >= 0.6 is 0 Å². The van der Waals surface area contributed by atoms with E-state index in [1.807, 2.05) is 58.3 Å². The Balaban J connectivity index is 3.34. The second-order valence-corrected chi connectivity index (χ2v) is 4.54. The second kappa shape index (κ2) is 7.32. The van der Waals surface area contributed by atoms with Crippen molar-refractivity contribution >= 4 is 17.3 Å². The van der Waals surface area contributed by atoms with Gasteiger partial charge in [-0.15, -0.1) is 5.73 Å². The molecule has 0 aromatic carbocycles. The summed E-state index contributed by atoms with van der Waals surface area (Å²) in [6.45, 7) is 15.5. The first kappa shape index (κ1) is 15.7.